The molecule has 0 fully saturated rings. The number of rotatable bonds is 28. The molecule has 0 aromatic carbocycles. The molecule has 0 unspecified atom stereocenters. The van der Waals surface area contributed by atoms with Gasteiger partial charge in [-0.15, -0.1) is 0 Å². The number of ketones is 1. The van der Waals surface area contributed by atoms with Gasteiger partial charge in [-0.1, -0.05) is 147 Å². The van der Waals surface area contributed by atoms with Crippen molar-refractivity contribution in [3.8, 4) is 23.0 Å². The number of carbonyl (C=O) groups excluding carboxylic acids is 1. The van der Waals surface area contributed by atoms with Crippen LogP contribution in [-0.2, 0) is 4.74 Å². The van der Waals surface area contributed by atoms with Gasteiger partial charge >= 0.3 is 108 Å². The van der Waals surface area contributed by atoms with Crippen molar-refractivity contribution in [1.29, 1.82) is 0 Å². The van der Waals surface area contributed by atoms with Crippen molar-refractivity contribution >= 4 is 113 Å². The van der Waals surface area contributed by atoms with Crippen LogP contribution in [0, 0.1) is 35.6 Å². The van der Waals surface area contributed by atoms with Crippen LogP contribution < -0.4 is 8.85 Å². The standard InChI is InChI=1S/C18H30FNO2Si.C14H23BrFNOSi.C9H21ClSi.C7H4BrF2NO.C5H3BrFNO.C5H4FNO.3C4H9.C3H5.Sn/c1-9-21-15(8)16-10-11-17(18(19)20-16)22-23(12(2)3,13(4)5)14(6)7;1-9(2)19(10(3)4,11(5)6)18-12-7-8-13(15)17-14(12)16;1-7(2)11(10,8(3)4)9(5)6;8-3-6(12)5-2-1-4(9)7(10)11-5;6-4-2-1-3(9)5(7)8-4;6-5-4(8)2-1-3-7-5;3*1-3-4-2;1-3-2;/h10-14H,8-9H2,1-7H3;7-11H,1-6H3;7-9H,1-6H3;1-2H,3H2;1-2,9H;1-3,8H;3*1,3-4H2,2H3;1H2,2H3;. The van der Waals surface area contributed by atoms with Gasteiger partial charge in [0.25, 0.3) is 40.4 Å². The van der Waals surface area contributed by atoms with Crippen LogP contribution in [-0.4, -0.2) is 95.2 Å². The van der Waals surface area contributed by atoms with Crippen LogP contribution in [0.5, 0.6) is 23.0 Å². The minimum atomic E-state index is -2.19. The maximum atomic E-state index is 14.5. The summed E-state index contributed by atoms with van der Waals surface area (Å²) in [6.07, 6.45) is 9.73. The topological polar surface area (TPSA) is 150 Å². The molecule has 0 spiro atoms. The second-order valence-corrected chi connectivity index (χ2v) is 61.1. The molecule has 0 saturated heterocycles. The van der Waals surface area contributed by atoms with E-state index in [1.807, 2.05) is 6.92 Å². The van der Waals surface area contributed by atoms with E-state index in [2.05, 4.69) is 238 Å². The van der Waals surface area contributed by atoms with Gasteiger partial charge in [0.2, 0.25) is 5.95 Å². The van der Waals surface area contributed by atoms with E-state index < -0.39 is 89.5 Å². The van der Waals surface area contributed by atoms with Gasteiger partial charge in [-0.25, -0.2) is 29.3 Å². The summed E-state index contributed by atoms with van der Waals surface area (Å²) in [6, 6.07) is 14.1. The number of halogens is 10. The van der Waals surface area contributed by atoms with Gasteiger partial charge in [0, 0.05) is 6.20 Å². The zero-order valence-corrected chi connectivity index (χ0v) is 74.2. The van der Waals surface area contributed by atoms with Gasteiger partial charge in [0.1, 0.15) is 26.4 Å². The molecule has 0 saturated carbocycles. The predicted octanol–water partition coefficient (Wildman–Crippen LogP) is 26.2. The number of ether oxygens (including phenoxy) is 1. The SMILES string of the molecule is C=C(OCC)c1ccc(O[Si](C(C)C)(C(C)C)C(C)C)c(F)n1.C=[C](C)[Sn]([CH2]CCC)([CH2]CCC)[CH2]CCC.CC(C)[Si](Cl)(C(C)C)C(C)C.CC(C)[Si](Oc1ccc(Br)nc1F)(C(C)C)C(C)C.O=C(CBr)c1ccc(F)c(F)n1.Oc1ccc(Br)nc1F.Oc1cccnc1F. The third-order valence-electron chi connectivity index (χ3n) is 17.5. The monoisotopic (exact) mass is 1750 g/mol. The second-order valence-electron chi connectivity index (χ2n) is 27.0. The van der Waals surface area contributed by atoms with Gasteiger partial charge in [0.15, 0.2) is 42.0 Å². The van der Waals surface area contributed by atoms with Gasteiger partial charge in [0.05, 0.1) is 11.9 Å². The first kappa shape index (κ1) is 96.7. The average molecular weight is 1750 g/mol. The molecule has 556 valence electrons. The first-order valence-electron chi connectivity index (χ1n) is 34.2. The molecular formula is C73H117Br3ClF6N5O6Si3Sn. The van der Waals surface area contributed by atoms with E-state index in [0.29, 0.717) is 77.1 Å². The Kier molecular flexibility index (Phi) is 47.9. The number of aromatic hydroxyl groups is 2. The summed E-state index contributed by atoms with van der Waals surface area (Å²) >= 11 is 13.7. The summed E-state index contributed by atoms with van der Waals surface area (Å²) in [5.41, 5.74) is 4.74. The zero-order chi connectivity index (χ0) is 76.2. The quantitative estimate of drug-likeness (QED) is 0.00937. The van der Waals surface area contributed by atoms with E-state index in [1.165, 1.54) is 69.0 Å². The first-order chi connectivity index (χ1) is 45.5. The van der Waals surface area contributed by atoms with Crippen molar-refractivity contribution < 1.29 is 54.9 Å². The smallest absolute Gasteiger partial charge is 0.258 e. The summed E-state index contributed by atoms with van der Waals surface area (Å²) < 4.78 is 102. The third-order valence-corrected chi connectivity index (χ3v) is 56.5. The number of carbonyl (C=O) groups is 1. The Labute approximate surface area is 623 Å². The molecule has 25 heteroatoms. The number of nitrogens with zero attached hydrogens (tertiary/aromatic N) is 5. The zero-order valence-electron chi connectivity index (χ0n) is 62.8. The molecule has 5 rings (SSSR count). The number of pyridine rings is 5. The Hall–Kier alpha value is -3.34. The Morgan fingerprint density at radius 1 is 0.520 bits per heavy atom. The van der Waals surface area contributed by atoms with Crippen LogP contribution in [0.15, 0.2) is 92.8 Å². The van der Waals surface area contributed by atoms with E-state index in [1.54, 1.807) is 41.2 Å². The van der Waals surface area contributed by atoms with Crippen molar-refractivity contribution in [2.24, 2.45) is 0 Å². The molecule has 2 N–H and O–H groups in total. The predicted molar refractivity (Wildman–Crippen MR) is 418 cm³/mol. The minimum Gasteiger partial charge on any atom is -0.540 e. The largest absolute Gasteiger partial charge is 0.540 e. The summed E-state index contributed by atoms with van der Waals surface area (Å²) in [5, 5.41) is 17.1. The van der Waals surface area contributed by atoms with Crippen molar-refractivity contribution in [2.75, 3.05) is 11.9 Å². The molecule has 5 aromatic rings. The summed E-state index contributed by atoms with van der Waals surface area (Å²) in [4.78, 5) is 28.2. The molecule has 0 bridgehead atoms. The molecule has 0 radical (unpaired) electrons. The Morgan fingerprint density at radius 3 is 1.17 bits per heavy atom. The number of allylic oxidation sites excluding steroid dienone is 1. The second kappa shape index (κ2) is 48.6. The Balaban J connectivity index is 0. The molecule has 0 aliphatic heterocycles. The Morgan fingerprint density at radius 2 is 0.888 bits per heavy atom. The fourth-order valence-corrected chi connectivity index (χ4v) is 42.4. The number of aromatic nitrogens is 5. The number of Topliss-reactive ketones (excluding diaryl/α,β-unsaturated/α-hetero) is 1. The number of hydrogen-bond acceptors (Lipinski definition) is 11. The third kappa shape index (κ3) is 31.3. The molecule has 98 heavy (non-hydrogen) atoms. The van der Waals surface area contributed by atoms with Crippen molar-refractivity contribution in [3.63, 3.8) is 0 Å². The number of unbranched alkanes of at least 4 members (excludes halogenated alkanes) is 3. The molecule has 0 aliphatic rings. The van der Waals surface area contributed by atoms with Crippen molar-refractivity contribution in [3.05, 3.63) is 140 Å². The van der Waals surface area contributed by atoms with Crippen LogP contribution in [0.25, 0.3) is 5.76 Å². The minimum absolute atomic E-state index is 0.0467. The molecule has 0 atom stereocenters. The van der Waals surface area contributed by atoms with Gasteiger partial charge in [-0.2, -0.15) is 33.0 Å². The fourth-order valence-electron chi connectivity index (χ4n) is 12.4. The van der Waals surface area contributed by atoms with Gasteiger partial charge in [-0.3, -0.25) is 4.79 Å². The molecule has 5 aromatic heterocycles. The van der Waals surface area contributed by atoms with Crippen LogP contribution in [0.4, 0.5) is 26.3 Å². The summed E-state index contributed by atoms with van der Waals surface area (Å²) in [7, 11) is -5.81. The van der Waals surface area contributed by atoms with E-state index >= 15 is 0 Å². The molecule has 5 heterocycles. The molecule has 0 aliphatic carbocycles. The van der Waals surface area contributed by atoms with Crippen LogP contribution >= 0.6 is 58.9 Å². The summed E-state index contributed by atoms with van der Waals surface area (Å²) in [6.45, 7) is 59.5. The molecule has 11 nitrogen and oxygen atoms in total. The fraction of sp³-hybridized carbons (Fsp3) is 0.589. The first-order valence-corrected chi connectivity index (χ1v) is 52.0. The van der Waals surface area contributed by atoms with E-state index in [0.717, 1.165) is 12.1 Å². The van der Waals surface area contributed by atoms with Gasteiger partial charge in [-0.05, 0) is 149 Å². The molecule has 0 amide bonds. The average Bonchev–Trinajstić information content (AvgIpc) is 0.796. The number of hydrogen-bond donors (Lipinski definition) is 2. The van der Waals surface area contributed by atoms with E-state index in [4.69, 9.17) is 34.9 Å². The van der Waals surface area contributed by atoms with Gasteiger partial charge < -0.3 is 23.8 Å². The maximum absolute atomic E-state index is 14.5. The van der Waals surface area contributed by atoms with Crippen LogP contribution in [0.3, 0.4) is 0 Å². The van der Waals surface area contributed by atoms with Crippen molar-refractivity contribution in [2.45, 2.75) is 261 Å². The number of alkyl halides is 1. The Bertz CT molecular complexity index is 3040. The van der Waals surface area contributed by atoms with Crippen molar-refractivity contribution in [1.82, 2.24) is 24.9 Å². The van der Waals surface area contributed by atoms with E-state index in [9.17, 15) is 31.1 Å². The summed E-state index contributed by atoms with van der Waals surface area (Å²) in [5.74, 6) is -5.44. The van der Waals surface area contributed by atoms with Crippen LogP contribution in [0.1, 0.15) is 214 Å². The normalized spacial score (nSPS) is 11.6. The van der Waals surface area contributed by atoms with E-state index in [-0.39, 0.29) is 28.3 Å². The maximum Gasteiger partial charge on any atom is 0.258 e. The van der Waals surface area contributed by atoms with Crippen LogP contribution in [0.2, 0.25) is 63.2 Å². The molecular weight excluding hydrogens is 1630 g/mol.